The van der Waals surface area contributed by atoms with Gasteiger partial charge in [-0.05, 0) is 12.8 Å². The van der Waals surface area contributed by atoms with Gasteiger partial charge in [-0.2, -0.15) is 10.4 Å². The average Bonchev–Trinajstić information content (AvgIpc) is 2.82. The Hall–Kier alpha value is -1.89. The Morgan fingerprint density at radius 3 is 3.36 bits per heavy atom. The van der Waals surface area contributed by atoms with Crippen LogP contribution in [0.15, 0.2) is 18.5 Å². The topological polar surface area (TPSA) is 54.0 Å². The molecule has 0 saturated carbocycles. The zero-order chi connectivity index (χ0) is 9.54. The highest BCUT2D eigenvalue weighted by molar-refractivity contribution is 5.43. The third-order valence-electron chi connectivity index (χ3n) is 2.75. The van der Waals surface area contributed by atoms with Gasteiger partial charge in [0.2, 0.25) is 0 Å². The van der Waals surface area contributed by atoms with Crippen molar-refractivity contribution in [1.29, 1.82) is 5.26 Å². The van der Waals surface area contributed by atoms with Gasteiger partial charge >= 0.3 is 0 Å². The minimum Gasteiger partial charge on any atom is -0.237 e. The maximum absolute atomic E-state index is 8.93. The van der Waals surface area contributed by atoms with E-state index in [0.29, 0.717) is 0 Å². The van der Waals surface area contributed by atoms with Crippen molar-refractivity contribution in [2.24, 2.45) is 0 Å². The van der Waals surface area contributed by atoms with Crippen LogP contribution in [0.3, 0.4) is 0 Å². The highest BCUT2D eigenvalue weighted by Crippen LogP contribution is 2.31. The van der Waals surface area contributed by atoms with E-state index in [9.17, 15) is 0 Å². The first-order valence-corrected chi connectivity index (χ1v) is 4.61. The highest BCUT2D eigenvalue weighted by Gasteiger charge is 2.25. The number of rotatable bonds is 0. The number of aryl methyl sites for hydroxylation is 1. The summed E-state index contributed by atoms with van der Waals surface area (Å²) in [6, 6.07) is 4.17. The Morgan fingerprint density at radius 2 is 2.50 bits per heavy atom. The molecule has 14 heavy (non-hydrogen) atoms. The summed E-state index contributed by atoms with van der Waals surface area (Å²) in [5.74, 6) is 0.00565. The standard InChI is InChI=1S/C10H8N4/c11-5-7-1-2-9-8(7)6-12-10-3-4-13-14(9)10/h3-4,6-7H,1-2H2. The minimum atomic E-state index is 0.00565. The van der Waals surface area contributed by atoms with Gasteiger partial charge in [0.1, 0.15) is 0 Å². The minimum absolute atomic E-state index is 0.00565. The van der Waals surface area contributed by atoms with Crippen molar-refractivity contribution in [3.63, 3.8) is 0 Å². The van der Waals surface area contributed by atoms with Gasteiger partial charge in [-0.3, -0.25) is 0 Å². The molecule has 2 aromatic rings. The van der Waals surface area contributed by atoms with Crippen molar-refractivity contribution in [2.45, 2.75) is 18.8 Å². The fourth-order valence-electron chi connectivity index (χ4n) is 2.05. The monoisotopic (exact) mass is 184 g/mol. The molecule has 0 radical (unpaired) electrons. The van der Waals surface area contributed by atoms with Crippen LogP contribution in [-0.2, 0) is 6.42 Å². The predicted molar refractivity (Wildman–Crippen MR) is 49.7 cm³/mol. The van der Waals surface area contributed by atoms with Crippen LogP contribution < -0.4 is 0 Å². The van der Waals surface area contributed by atoms with E-state index in [1.807, 2.05) is 16.8 Å². The van der Waals surface area contributed by atoms with E-state index in [2.05, 4.69) is 16.2 Å². The largest absolute Gasteiger partial charge is 0.237 e. The quantitative estimate of drug-likeness (QED) is 0.619. The van der Waals surface area contributed by atoms with E-state index in [-0.39, 0.29) is 5.92 Å². The van der Waals surface area contributed by atoms with Gasteiger partial charge in [0, 0.05) is 17.8 Å². The van der Waals surface area contributed by atoms with Crippen molar-refractivity contribution in [2.75, 3.05) is 0 Å². The molecule has 0 N–H and O–H groups in total. The molecule has 0 fully saturated rings. The van der Waals surface area contributed by atoms with E-state index >= 15 is 0 Å². The van der Waals surface area contributed by atoms with Crippen molar-refractivity contribution in [1.82, 2.24) is 14.6 Å². The van der Waals surface area contributed by atoms with Gasteiger partial charge in [-0.25, -0.2) is 9.50 Å². The number of aromatic nitrogens is 3. The summed E-state index contributed by atoms with van der Waals surface area (Å²) in [5.41, 5.74) is 3.05. The predicted octanol–water partition coefficient (Wildman–Crippen LogP) is 1.28. The maximum atomic E-state index is 8.93. The summed E-state index contributed by atoms with van der Waals surface area (Å²) in [7, 11) is 0. The number of nitrogens with zero attached hydrogens (tertiary/aromatic N) is 4. The first-order chi connectivity index (χ1) is 6.90. The van der Waals surface area contributed by atoms with E-state index in [0.717, 1.165) is 29.7 Å². The normalized spacial score (nSPS) is 19.5. The molecule has 1 atom stereocenters. The van der Waals surface area contributed by atoms with Crippen LogP contribution in [0.5, 0.6) is 0 Å². The molecule has 2 aromatic heterocycles. The van der Waals surface area contributed by atoms with Gasteiger partial charge in [0.15, 0.2) is 5.65 Å². The Morgan fingerprint density at radius 1 is 1.57 bits per heavy atom. The molecular formula is C10H8N4. The zero-order valence-electron chi connectivity index (χ0n) is 7.51. The summed E-state index contributed by atoms with van der Waals surface area (Å²) >= 11 is 0. The van der Waals surface area contributed by atoms with Crippen molar-refractivity contribution < 1.29 is 0 Å². The van der Waals surface area contributed by atoms with Crippen LogP contribution in [0.25, 0.3) is 5.65 Å². The Balaban J connectivity index is 2.34. The van der Waals surface area contributed by atoms with Crippen molar-refractivity contribution in [3.8, 4) is 6.07 Å². The first-order valence-electron chi connectivity index (χ1n) is 4.61. The SMILES string of the molecule is N#CC1CCc2c1cnc1ccnn21. The molecule has 68 valence electrons. The first kappa shape index (κ1) is 7.51. The van der Waals surface area contributed by atoms with Gasteiger partial charge in [0.05, 0.1) is 23.9 Å². The van der Waals surface area contributed by atoms with Gasteiger partial charge in [-0.15, -0.1) is 0 Å². The molecule has 1 aliphatic carbocycles. The Bertz CT molecular complexity index is 535. The van der Waals surface area contributed by atoms with E-state index in [1.54, 1.807) is 6.20 Å². The average molecular weight is 184 g/mol. The highest BCUT2D eigenvalue weighted by atomic mass is 15.2. The molecular weight excluding hydrogens is 176 g/mol. The third-order valence-corrected chi connectivity index (χ3v) is 2.75. The van der Waals surface area contributed by atoms with Crippen LogP contribution in [0.1, 0.15) is 23.6 Å². The summed E-state index contributed by atoms with van der Waals surface area (Å²) in [4.78, 5) is 4.26. The maximum Gasteiger partial charge on any atom is 0.155 e. The molecule has 4 nitrogen and oxygen atoms in total. The lowest BCUT2D eigenvalue weighted by atomic mass is 10.1. The molecule has 1 aliphatic rings. The van der Waals surface area contributed by atoms with Crippen LogP contribution in [-0.4, -0.2) is 14.6 Å². The molecule has 2 heterocycles. The molecule has 1 unspecified atom stereocenters. The molecule has 0 aliphatic heterocycles. The summed E-state index contributed by atoms with van der Waals surface area (Å²) < 4.78 is 1.84. The third kappa shape index (κ3) is 0.814. The van der Waals surface area contributed by atoms with Crippen LogP contribution in [0, 0.1) is 11.3 Å². The van der Waals surface area contributed by atoms with Crippen LogP contribution in [0.4, 0.5) is 0 Å². The lowest BCUT2D eigenvalue weighted by Gasteiger charge is -2.02. The summed E-state index contributed by atoms with van der Waals surface area (Å²) in [5, 5.41) is 13.1. The van der Waals surface area contributed by atoms with Crippen LogP contribution >= 0.6 is 0 Å². The zero-order valence-corrected chi connectivity index (χ0v) is 7.51. The van der Waals surface area contributed by atoms with E-state index in [1.165, 1.54) is 0 Å². The second kappa shape index (κ2) is 2.55. The molecule has 0 aromatic carbocycles. The Kier molecular flexibility index (Phi) is 1.37. The fraction of sp³-hybridized carbons (Fsp3) is 0.300. The molecule has 0 spiro atoms. The molecule has 0 amide bonds. The van der Waals surface area contributed by atoms with E-state index in [4.69, 9.17) is 5.26 Å². The number of nitriles is 1. The van der Waals surface area contributed by atoms with Crippen LogP contribution in [0.2, 0.25) is 0 Å². The molecule has 3 rings (SSSR count). The smallest absolute Gasteiger partial charge is 0.155 e. The lowest BCUT2D eigenvalue weighted by molar-refractivity contribution is 0.805. The number of hydrogen-bond donors (Lipinski definition) is 0. The molecule has 0 bridgehead atoms. The Labute approximate surface area is 80.8 Å². The molecule has 4 heteroatoms. The van der Waals surface area contributed by atoms with Gasteiger partial charge < -0.3 is 0 Å². The second-order valence-corrected chi connectivity index (χ2v) is 3.48. The van der Waals surface area contributed by atoms with E-state index < -0.39 is 0 Å². The van der Waals surface area contributed by atoms with Crippen molar-refractivity contribution in [3.05, 3.63) is 29.7 Å². The summed E-state index contributed by atoms with van der Waals surface area (Å²) in [6.07, 6.45) is 5.37. The summed E-state index contributed by atoms with van der Waals surface area (Å²) in [6.45, 7) is 0. The van der Waals surface area contributed by atoms with Gasteiger partial charge in [-0.1, -0.05) is 0 Å². The van der Waals surface area contributed by atoms with Gasteiger partial charge in [0.25, 0.3) is 0 Å². The lowest BCUT2D eigenvalue weighted by Crippen LogP contribution is -2.00. The second-order valence-electron chi connectivity index (χ2n) is 3.48. The molecule has 0 saturated heterocycles. The number of hydrogen-bond acceptors (Lipinski definition) is 3. The number of fused-ring (bicyclic) bond motifs is 3. The fourth-order valence-corrected chi connectivity index (χ4v) is 2.05. The van der Waals surface area contributed by atoms with Crippen molar-refractivity contribution >= 4 is 5.65 Å².